The van der Waals surface area contributed by atoms with Gasteiger partial charge in [0.1, 0.15) is 6.10 Å². The van der Waals surface area contributed by atoms with E-state index in [1.807, 2.05) is 0 Å². The first-order chi connectivity index (χ1) is 7.37. The van der Waals surface area contributed by atoms with Crippen LogP contribution >= 0.6 is 0 Å². The Kier molecular flexibility index (Phi) is 3.82. The van der Waals surface area contributed by atoms with Crippen molar-refractivity contribution in [2.45, 2.75) is 59.5 Å². The first-order valence-electron chi connectivity index (χ1n) is 6.20. The number of rotatable bonds is 4. The molecule has 0 N–H and O–H groups in total. The van der Waals surface area contributed by atoms with Crippen LogP contribution in [0.1, 0.15) is 53.4 Å². The maximum absolute atomic E-state index is 11.3. The molecule has 0 heterocycles. The molecule has 2 atom stereocenters. The lowest BCUT2D eigenvalue weighted by Gasteiger charge is -2.41. The number of carbonyl (C=O) groups is 1. The van der Waals surface area contributed by atoms with Gasteiger partial charge in [0.05, 0.1) is 0 Å². The highest BCUT2D eigenvalue weighted by atomic mass is 16.5. The van der Waals surface area contributed by atoms with Crippen LogP contribution in [0.4, 0.5) is 0 Å². The fourth-order valence-corrected chi connectivity index (χ4v) is 2.93. The van der Waals surface area contributed by atoms with E-state index in [1.165, 1.54) is 6.08 Å². The molecule has 1 aliphatic carbocycles. The van der Waals surface area contributed by atoms with Crippen molar-refractivity contribution in [3.05, 3.63) is 12.7 Å². The van der Waals surface area contributed by atoms with Gasteiger partial charge in [-0.1, -0.05) is 40.7 Å². The Labute approximate surface area is 99.1 Å². The molecule has 0 bridgehead atoms. The molecule has 0 spiro atoms. The van der Waals surface area contributed by atoms with Crippen LogP contribution in [-0.2, 0) is 9.53 Å². The Balaban J connectivity index is 2.85. The first kappa shape index (κ1) is 13.3. The lowest BCUT2D eigenvalue weighted by atomic mass is 9.66. The first-order valence-corrected chi connectivity index (χ1v) is 6.20. The Morgan fingerprint density at radius 1 is 1.50 bits per heavy atom. The Bertz CT molecular complexity index is 280. The van der Waals surface area contributed by atoms with Crippen LogP contribution in [0.15, 0.2) is 12.7 Å². The summed E-state index contributed by atoms with van der Waals surface area (Å²) in [5, 5.41) is 0. The lowest BCUT2D eigenvalue weighted by molar-refractivity contribution is -0.150. The minimum Gasteiger partial charge on any atom is -0.459 e. The average molecular weight is 224 g/mol. The summed E-state index contributed by atoms with van der Waals surface area (Å²) in [6, 6.07) is 0. The van der Waals surface area contributed by atoms with Crippen LogP contribution in [0.5, 0.6) is 0 Å². The van der Waals surface area contributed by atoms with Crippen LogP contribution in [0.3, 0.4) is 0 Å². The van der Waals surface area contributed by atoms with E-state index in [0.29, 0.717) is 0 Å². The number of hydrogen-bond acceptors (Lipinski definition) is 2. The van der Waals surface area contributed by atoms with Crippen LogP contribution in [0.25, 0.3) is 0 Å². The largest absolute Gasteiger partial charge is 0.459 e. The lowest BCUT2D eigenvalue weighted by Crippen LogP contribution is -2.40. The molecule has 2 nitrogen and oxygen atoms in total. The molecule has 0 amide bonds. The molecule has 1 aliphatic rings. The minimum atomic E-state index is -0.287. The molecule has 0 aromatic heterocycles. The third-order valence-corrected chi connectivity index (χ3v) is 4.48. The zero-order valence-electron chi connectivity index (χ0n) is 11.0. The molecule has 1 saturated carbocycles. The highest BCUT2D eigenvalue weighted by Crippen LogP contribution is 2.56. The molecule has 16 heavy (non-hydrogen) atoms. The van der Waals surface area contributed by atoms with Crippen molar-refractivity contribution in [3.63, 3.8) is 0 Å². The summed E-state index contributed by atoms with van der Waals surface area (Å²) in [5.74, 6) is -0.287. The molecule has 0 radical (unpaired) electrons. The van der Waals surface area contributed by atoms with Gasteiger partial charge in [0.25, 0.3) is 0 Å². The van der Waals surface area contributed by atoms with E-state index in [0.717, 1.165) is 25.7 Å². The van der Waals surface area contributed by atoms with Gasteiger partial charge in [-0.25, -0.2) is 4.79 Å². The summed E-state index contributed by atoms with van der Waals surface area (Å²) in [7, 11) is 0. The molecule has 2 unspecified atom stereocenters. The maximum Gasteiger partial charge on any atom is 0.330 e. The normalized spacial score (nSPS) is 32.4. The van der Waals surface area contributed by atoms with Gasteiger partial charge in [0.2, 0.25) is 0 Å². The Morgan fingerprint density at radius 2 is 2.12 bits per heavy atom. The van der Waals surface area contributed by atoms with Gasteiger partial charge in [-0.15, -0.1) is 0 Å². The second-order valence-electron chi connectivity index (χ2n) is 5.72. The van der Waals surface area contributed by atoms with Crippen LogP contribution in [0.2, 0.25) is 0 Å². The summed E-state index contributed by atoms with van der Waals surface area (Å²) < 4.78 is 5.51. The van der Waals surface area contributed by atoms with Crippen molar-refractivity contribution < 1.29 is 9.53 Å². The summed E-state index contributed by atoms with van der Waals surface area (Å²) in [5.41, 5.74) is 0.343. The van der Waals surface area contributed by atoms with Crippen molar-refractivity contribution >= 4 is 5.97 Å². The van der Waals surface area contributed by atoms with E-state index in [-0.39, 0.29) is 22.9 Å². The molecule has 0 aromatic carbocycles. The van der Waals surface area contributed by atoms with Gasteiger partial charge >= 0.3 is 5.97 Å². The van der Waals surface area contributed by atoms with Crippen molar-refractivity contribution in [2.75, 3.05) is 0 Å². The second-order valence-corrected chi connectivity index (χ2v) is 5.72. The van der Waals surface area contributed by atoms with Gasteiger partial charge in [-0.05, 0) is 24.7 Å². The van der Waals surface area contributed by atoms with E-state index in [4.69, 9.17) is 4.74 Å². The molecule has 0 aromatic rings. The molecule has 92 valence electrons. The third kappa shape index (κ3) is 2.16. The topological polar surface area (TPSA) is 26.3 Å². The number of ether oxygens (including phenoxy) is 1. The Hall–Kier alpha value is -0.790. The summed E-state index contributed by atoms with van der Waals surface area (Å²) in [4.78, 5) is 11.3. The van der Waals surface area contributed by atoms with E-state index >= 15 is 0 Å². The average Bonchev–Trinajstić information content (AvgIpc) is 2.42. The molecule has 1 fully saturated rings. The third-order valence-electron chi connectivity index (χ3n) is 4.48. The minimum absolute atomic E-state index is 0.0490. The quantitative estimate of drug-likeness (QED) is 0.537. The van der Waals surface area contributed by atoms with E-state index in [1.54, 1.807) is 0 Å². The molecular formula is C14H24O2. The zero-order valence-corrected chi connectivity index (χ0v) is 11.0. The maximum atomic E-state index is 11.3. The highest BCUT2D eigenvalue weighted by Gasteiger charge is 2.52. The van der Waals surface area contributed by atoms with Gasteiger partial charge in [0, 0.05) is 11.5 Å². The van der Waals surface area contributed by atoms with Gasteiger partial charge in [-0.3, -0.25) is 0 Å². The van der Waals surface area contributed by atoms with E-state index in [9.17, 15) is 4.79 Å². The van der Waals surface area contributed by atoms with Gasteiger partial charge in [0.15, 0.2) is 0 Å². The molecule has 2 heteroatoms. The summed E-state index contributed by atoms with van der Waals surface area (Å²) in [6.45, 7) is 12.5. The second kappa shape index (κ2) is 4.60. The fourth-order valence-electron chi connectivity index (χ4n) is 2.93. The van der Waals surface area contributed by atoms with E-state index < -0.39 is 0 Å². The Morgan fingerprint density at radius 3 is 2.62 bits per heavy atom. The molecule has 0 aliphatic heterocycles. The predicted molar refractivity (Wildman–Crippen MR) is 66.1 cm³/mol. The number of carbonyl (C=O) groups excluding carboxylic acids is 1. The standard InChI is InChI=1S/C14H24O2/c1-6-9-14(5)11(16-12(15)7-2)8-10-13(14,3)4/h7,11H,2,6,8-10H2,1,3-5H3. The zero-order chi connectivity index (χ0) is 12.4. The monoisotopic (exact) mass is 224 g/mol. The molecule has 1 rings (SSSR count). The number of hydrogen-bond donors (Lipinski definition) is 0. The summed E-state index contributed by atoms with van der Waals surface area (Å²) in [6.07, 6.45) is 5.64. The highest BCUT2D eigenvalue weighted by molar-refractivity contribution is 5.81. The van der Waals surface area contributed by atoms with Crippen LogP contribution < -0.4 is 0 Å². The predicted octanol–water partition coefficient (Wildman–Crippen LogP) is 3.71. The molecular weight excluding hydrogens is 200 g/mol. The summed E-state index contributed by atoms with van der Waals surface area (Å²) >= 11 is 0. The van der Waals surface area contributed by atoms with Crippen molar-refractivity contribution in [1.29, 1.82) is 0 Å². The fraction of sp³-hybridized carbons (Fsp3) is 0.786. The number of esters is 1. The molecule has 0 saturated heterocycles. The van der Waals surface area contributed by atoms with E-state index in [2.05, 4.69) is 34.3 Å². The van der Waals surface area contributed by atoms with Crippen LogP contribution in [0, 0.1) is 10.8 Å². The van der Waals surface area contributed by atoms with Crippen molar-refractivity contribution in [1.82, 2.24) is 0 Å². The van der Waals surface area contributed by atoms with Crippen molar-refractivity contribution in [3.8, 4) is 0 Å². The van der Waals surface area contributed by atoms with Crippen molar-refractivity contribution in [2.24, 2.45) is 10.8 Å². The van der Waals surface area contributed by atoms with Gasteiger partial charge in [-0.2, -0.15) is 0 Å². The van der Waals surface area contributed by atoms with Crippen LogP contribution in [-0.4, -0.2) is 12.1 Å². The smallest absolute Gasteiger partial charge is 0.330 e. The van der Waals surface area contributed by atoms with Gasteiger partial charge < -0.3 is 4.74 Å². The SMILES string of the molecule is C=CC(=O)OC1CCC(C)(C)C1(C)CCC.